The SMILES string of the molecule is Cc1nccnc1N1CCCCN1. The lowest BCUT2D eigenvalue weighted by Crippen LogP contribution is -2.44. The topological polar surface area (TPSA) is 41.1 Å². The quantitative estimate of drug-likeness (QED) is 0.693. The first kappa shape index (κ1) is 8.44. The van der Waals surface area contributed by atoms with E-state index < -0.39 is 0 Å². The summed E-state index contributed by atoms with van der Waals surface area (Å²) in [6, 6.07) is 0. The summed E-state index contributed by atoms with van der Waals surface area (Å²) in [5, 5.41) is 2.09. The Labute approximate surface area is 78.0 Å². The molecular formula is C9H14N4. The molecule has 0 aliphatic carbocycles. The minimum atomic E-state index is 0.960. The van der Waals surface area contributed by atoms with Crippen molar-refractivity contribution in [1.29, 1.82) is 0 Å². The number of hydrogen-bond donors (Lipinski definition) is 1. The van der Waals surface area contributed by atoms with Crippen molar-refractivity contribution in [2.75, 3.05) is 18.1 Å². The van der Waals surface area contributed by atoms with Crippen LogP contribution in [0.2, 0.25) is 0 Å². The molecule has 70 valence electrons. The van der Waals surface area contributed by atoms with Crippen LogP contribution in [0.3, 0.4) is 0 Å². The zero-order valence-electron chi connectivity index (χ0n) is 7.82. The number of hydrazine groups is 1. The molecule has 0 aromatic carbocycles. The normalized spacial score (nSPS) is 17.5. The summed E-state index contributed by atoms with van der Waals surface area (Å²) in [5.74, 6) is 0.960. The summed E-state index contributed by atoms with van der Waals surface area (Å²) in [5.41, 5.74) is 4.29. The van der Waals surface area contributed by atoms with Crippen LogP contribution in [-0.2, 0) is 0 Å². The van der Waals surface area contributed by atoms with Crippen LogP contribution in [0.15, 0.2) is 12.4 Å². The molecule has 0 radical (unpaired) electrons. The molecule has 0 spiro atoms. The Balaban J connectivity index is 2.18. The molecule has 4 heteroatoms. The van der Waals surface area contributed by atoms with Crippen LogP contribution in [0.4, 0.5) is 5.82 Å². The maximum absolute atomic E-state index is 4.30. The number of rotatable bonds is 1. The van der Waals surface area contributed by atoms with Crippen LogP contribution in [0, 0.1) is 6.92 Å². The Hall–Kier alpha value is -1.16. The highest BCUT2D eigenvalue weighted by molar-refractivity contribution is 5.40. The largest absolute Gasteiger partial charge is 0.291 e. The summed E-state index contributed by atoms with van der Waals surface area (Å²) >= 11 is 0. The molecule has 0 atom stereocenters. The molecule has 1 fully saturated rings. The predicted octanol–water partition coefficient (Wildman–Crippen LogP) is 0.890. The minimum Gasteiger partial charge on any atom is -0.291 e. The second kappa shape index (κ2) is 3.70. The van der Waals surface area contributed by atoms with Crippen molar-refractivity contribution in [3.05, 3.63) is 18.1 Å². The second-order valence-corrected chi connectivity index (χ2v) is 3.23. The maximum atomic E-state index is 4.30. The van der Waals surface area contributed by atoms with Crippen molar-refractivity contribution < 1.29 is 0 Å². The van der Waals surface area contributed by atoms with E-state index in [-0.39, 0.29) is 0 Å². The summed E-state index contributed by atoms with van der Waals surface area (Å²) in [6.07, 6.45) is 5.93. The Morgan fingerprint density at radius 3 is 2.85 bits per heavy atom. The lowest BCUT2D eigenvalue weighted by molar-refractivity contribution is 0.505. The highest BCUT2D eigenvalue weighted by Gasteiger charge is 2.13. The van der Waals surface area contributed by atoms with Gasteiger partial charge in [0.25, 0.3) is 0 Å². The van der Waals surface area contributed by atoms with E-state index in [1.165, 1.54) is 12.8 Å². The fraction of sp³-hybridized carbons (Fsp3) is 0.556. The molecule has 0 saturated carbocycles. The predicted molar refractivity (Wildman–Crippen MR) is 51.4 cm³/mol. The van der Waals surface area contributed by atoms with Crippen molar-refractivity contribution in [3.8, 4) is 0 Å². The second-order valence-electron chi connectivity index (χ2n) is 3.23. The maximum Gasteiger partial charge on any atom is 0.164 e. The molecule has 4 nitrogen and oxygen atoms in total. The average Bonchev–Trinajstić information content (AvgIpc) is 2.20. The van der Waals surface area contributed by atoms with Crippen LogP contribution in [0.1, 0.15) is 18.5 Å². The van der Waals surface area contributed by atoms with E-state index >= 15 is 0 Å². The number of aromatic nitrogens is 2. The number of hydrogen-bond acceptors (Lipinski definition) is 4. The first-order valence-corrected chi connectivity index (χ1v) is 4.66. The average molecular weight is 178 g/mol. The number of nitrogens with one attached hydrogen (secondary N) is 1. The van der Waals surface area contributed by atoms with Gasteiger partial charge in [0, 0.05) is 25.5 Å². The molecule has 1 aliphatic heterocycles. The van der Waals surface area contributed by atoms with E-state index in [9.17, 15) is 0 Å². The van der Waals surface area contributed by atoms with Gasteiger partial charge in [-0.15, -0.1) is 0 Å². The number of nitrogens with zero attached hydrogens (tertiary/aromatic N) is 3. The molecule has 1 aromatic heterocycles. The summed E-state index contributed by atoms with van der Waals surface area (Å²) in [4.78, 5) is 8.51. The molecular weight excluding hydrogens is 164 g/mol. The van der Waals surface area contributed by atoms with Gasteiger partial charge in [0.1, 0.15) is 0 Å². The zero-order chi connectivity index (χ0) is 9.10. The Morgan fingerprint density at radius 1 is 1.31 bits per heavy atom. The van der Waals surface area contributed by atoms with Gasteiger partial charge in [-0.3, -0.25) is 9.99 Å². The van der Waals surface area contributed by atoms with Gasteiger partial charge in [0.15, 0.2) is 5.82 Å². The van der Waals surface area contributed by atoms with Crippen molar-refractivity contribution >= 4 is 5.82 Å². The molecule has 1 N–H and O–H groups in total. The molecule has 1 aromatic rings. The van der Waals surface area contributed by atoms with E-state index in [2.05, 4.69) is 20.4 Å². The van der Waals surface area contributed by atoms with E-state index in [4.69, 9.17) is 0 Å². The van der Waals surface area contributed by atoms with E-state index in [1.807, 2.05) is 6.92 Å². The summed E-state index contributed by atoms with van der Waals surface area (Å²) in [6.45, 7) is 4.05. The fourth-order valence-electron chi connectivity index (χ4n) is 1.53. The lowest BCUT2D eigenvalue weighted by Gasteiger charge is -2.29. The molecule has 0 amide bonds. The molecule has 1 saturated heterocycles. The Morgan fingerprint density at radius 2 is 2.15 bits per heavy atom. The van der Waals surface area contributed by atoms with Gasteiger partial charge in [-0.05, 0) is 19.8 Å². The third kappa shape index (κ3) is 1.78. The third-order valence-corrected chi connectivity index (χ3v) is 2.22. The van der Waals surface area contributed by atoms with Crippen LogP contribution in [0.5, 0.6) is 0 Å². The van der Waals surface area contributed by atoms with Gasteiger partial charge < -0.3 is 0 Å². The third-order valence-electron chi connectivity index (χ3n) is 2.22. The Kier molecular flexibility index (Phi) is 2.40. The van der Waals surface area contributed by atoms with E-state index in [1.54, 1.807) is 12.4 Å². The number of anilines is 1. The molecule has 2 heterocycles. The van der Waals surface area contributed by atoms with Gasteiger partial charge in [-0.1, -0.05) is 0 Å². The fourth-order valence-corrected chi connectivity index (χ4v) is 1.53. The molecule has 0 unspecified atom stereocenters. The van der Waals surface area contributed by atoms with Crippen LogP contribution in [0.25, 0.3) is 0 Å². The standard InChI is InChI=1S/C9H14N4/c1-8-9(11-6-5-10-8)13-7-3-2-4-12-13/h5-6,12H,2-4,7H2,1H3. The van der Waals surface area contributed by atoms with E-state index in [0.717, 1.165) is 24.6 Å². The van der Waals surface area contributed by atoms with E-state index in [0.29, 0.717) is 0 Å². The van der Waals surface area contributed by atoms with Crippen molar-refractivity contribution in [2.45, 2.75) is 19.8 Å². The summed E-state index contributed by atoms with van der Waals surface area (Å²) in [7, 11) is 0. The molecule has 13 heavy (non-hydrogen) atoms. The van der Waals surface area contributed by atoms with Crippen LogP contribution >= 0.6 is 0 Å². The molecule has 2 rings (SSSR count). The summed E-state index contributed by atoms with van der Waals surface area (Å²) < 4.78 is 0. The number of aryl methyl sites for hydroxylation is 1. The monoisotopic (exact) mass is 178 g/mol. The Bertz CT molecular complexity index is 281. The van der Waals surface area contributed by atoms with Gasteiger partial charge in [-0.25, -0.2) is 10.4 Å². The van der Waals surface area contributed by atoms with Crippen LogP contribution in [-0.4, -0.2) is 23.1 Å². The first-order valence-electron chi connectivity index (χ1n) is 4.66. The minimum absolute atomic E-state index is 0.960. The highest BCUT2D eigenvalue weighted by Crippen LogP contribution is 2.14. The van der Waals surface area contributed by atoms with Crippen molar-refractivity contribution in [3.63, 3.8) is 0 Å². The zero-order valence-corrected chi connectivity index (χ0v) is 7.82. The lowest BCUT2D eigenvalue weighted by atomic mass is 10.2. The first-order chi connectivity index (χ1) is 6.38. The van der Waals surface area contributed by atoms with Gasteiger partial charge in [0.05, 0.1) is 5.69 Å². The molecule has 1 aliphatic rings. The van der Waals surface area contributed by atoms with Crippen LogP contribution < -0.4 is 10.4 Å². The van der Waals surface area contributed by atoms with Gasteiger partial charge >= 0.3 is 0 Å². The van der Waals surface area contributed by atoms with Gasteiger partial charge in [-0.2, -0.15) is 0 Å². The van der Waals surface area contributed by atoms with Crippen molar-refractivity contribution in [1.82, 2.24) is 15.4 Å². The molecule has 0 bridgehead atoms. The highest BCUT2D eigenvalue weighted by atomic mass is 15.5. The van der Waals surface area contributed by atoms with Crippen molar-refractivity contribution in [2.24, 2.45) is 0 Å². The van der Waals surface area contributed by atoms with Gasteiger partial charge in [0.2, 0.25) is 0 Å². The smallest absolute Gasteiger partial charge is 0.164 e.